The number of aromatic nitrogens is 1. The van der Waals surface area contributed by atoms with Crippen LogP contribution in [0.15, 0.2) is 114 Å². The molecule has 7 nitrogen and oxygen atoms in total. The molecule has 0 saturated heterocycles. The summed E-state index contributed by atoms with van der Waals surface area (Å²) in [5.41, 5.74) is 0.819. The van der Waals surface area contributed by atoms with Crippen molar-refractivity contribution >= 4 is 47.1 Å². The van der Waals surface area contributed by atoms with Gasteiger partial charge in [0, 0.05) is 27.9 Å². The molecule has 0 fully saturated rings. The molecule has 202 valence electrons. The Hall–Kier alpha value is -4.76. The lowest BCUT2D eigenvalue weighted by atomic mass is 10.1. The molecule has 4 rings (SSSR count). The largest absolute Gasteiger partial charge is 0.321 e. The van der Waals surface area contributed by atoms with Crippen molar-refractivity contribution in [1.29, 1.82) is 0 Å². The van der Waals surface area contributed by atoms with E-state index in [1.165, 1.54) is 30.0 Å². The van der Waals surface area contributed by atoms with E-state index < -0.39 is 22.9 Å². The maximum Gasteiger partial charge on any atom is 0.272 e. The highest BCUT2D eigenvalue weighted by Gasteiger charge is 2.20. The van der Waals surface area contributed by atoms with Crippen LogP contribution in [0.1, 0.15) is 29.3 Å². The van der Waals surface area contributed by atoms with E-state index in [0.29, 0.717) is 23.5 Å². The molecule has 1 heterocycles. The van der Waals surface area contributed by atoms with Gasteiger partial charge in [-0.1, -0.05) is 55.5 Å². The number of nitrogens with one attached hydrogen (secondary N) is 3. The molecule has 3 N–H and O–H groups in total. The van der Waals surface area contributed by atoms with Crippen LogP contribution in [0, 0.1) is 5.82 Å². The zero-order chi connectivity index (χ0) is 28.3. The Morgan fingerprint density at radius 1 is 0.900 bits per heavy atom. The molecule has 0 aliphatic heterocycles. The summed E-state index contributed by atoms with van der Waals surface area (Å²) in [6, 6.07) is 26.7. The van der Waals surface area contributed by atoms with E-state index >= 15 is 0 Å². The molecule has 0 aliphatic rings. The molecule has 4 aromatic rings. The van der Waals surface area contributed by atoms with Gasteiger partial charge >= 0.3 is 0 Å². The third-order valence-corrected chi connectivity index (χ3v) is 7.04. The fourth-order valence-corrected chi connectivity index (χ4v) is 4.68. The molecular weight excluding hydrogens is 527 g/mol. The van der Waals surface area contributed by atoms with Crippen LogP contribution < -0.4 is 16.0 Å². The van der Waals surface area contributed by atoms with Gasteiger partial charge in [0.05, 0.1) is 5.25 Å². The number of carbonyl (C=O) groups excluding carboxylic acids is 3. The molecule has 0 spiro atoms. The number of hydrogen-bond donors (Lipinski definition) is 3. The Morgan fingerprint density at radius 3 is 2.38 bits per heavy atom. The molecule has 0 bridgehead atoms. The Balaban J connectivity index is 1.51. The SMILES string of the molecule is CCC(Sc1cccc(NC(=O)/C(=C/c2ccccc2F)NC(=O)c2ccccc2)c1)C(=O)Nc1ccccn1. The smallest absolute Gasteiger partial charge is 0.272 e. The van der Waals surface area contributed by atoms with Gasteiger partial charge in [-0.25, -0.2) is 9.37 Å². The Kier molecular flexibility index (Phi) is 9.79. The summed E-state index contributed by atoms with van der Waals surface area (Å²) in [5.74, 6) is -1.38. The van der Waals surface area contributed by atoms with Gasteiger partial charge in [0.15, 0.2) is 0 Å². The molecule has 0 radical (unpaired) electrons. The van der Waals surface area contributed by atoms with Crippen LogP contribution >= 0.6 is 11.8 Å². The summed E-state index contributed by atoms with van der Waals surface area (Å²) >= 11 is 1.35. The number of benzene rings is 3. The van der Waals surface area contributed by atoms with Crippen LogP contribution in [0.5, 0.6) is 0 Å². The maximum atomic E-state index is 14.4. The molecule has 3 aromatic carbocycles. The number of halogens is 1. The first kappa shape index (κ1) is 28.3. The van der Waals surface area contributed by atoms with E-state index in [1.807, 2.05) is 13.0 Å². The van der Waals surface area contributed by atoms with Gasteiger partial charge in [-0.15, -0.1) is 11.8 Å². The molecule has 1 aromatic heterocycles. The van der Waals surface area contributed by atoms with E-state index in [4.69, 9.17) is 0 Å². The fraction of sp³-hybridized carbons (Fsp3) is 0.0968. The number of hydrogen-bond acceptors (Lipinski definition) is 5. The van der Waals surface area contributed by atoms with Crippen LogP contribution in [0.3, 0.4) is 0 Å². The van der Waals surface area contributed by atoms with Gasteiger partial charge in [0.25, 0.3) is 11.8 Å². The minimum absolute atomic E-state index is 0.127. The topological polar surface area (TPSA) is 100 Å². The minimum atomic E-state index is -0.630. The molecule has 0 saturated carbocycles. The van der Waals surface area contributed by atoms with Crippen molar-refractivity contribution in [1.82, 2.24) is 10.3 Å². The second-order valence-corrected chi connectivity index (χ2v) is 9.88. The highest BCUT2D eigenvalue weighted by Crippen LogP contribution is 2.28. The number of carbonyl (C=O) groups is 3. The van der Waals surface area contributed by atoms with Crippen molar-refractivity contribution < 1.29 is 18.8 Å². The first-order chi connectivity index (χ1) is 19.4. The third-order valence-electron chi connectivity index (χ3n) is 5.68. The third kappa shape index (κ3) is 7.87. The highest BCUT2D eigenvalue weighted by molar-refractivity contribution is 8.00. The van der Waals surface area contributed by atoms with Crippen molar-refractivity contribution in [3.05, 3.63) is 126 Å². The van der Waals surface area contributed by atoms with Gasteiger partial charge in [0.1, 0.15) is 17.3 Å². The molecule has 1 atom stereocenters. The van der Waals surface area contributed by atoms with Crippen LogP contribution in [-0.4, -0.2) is 28.0 Å². The zero-order valence-electron chi connectivity index (χ0n) is 21.6. The van der Waals surface area contributed by atoms with E-state index in [9.17, 15) is 18.8 Å². The van der Waals surface area contributed by atoms with Gasteiger partial charge in [0.2, 0.25) is 5.91 Å². The van der Waals surface area contributed by atoms with E-state index in [0.717, 1.165) is 4.90 Å². The number of anilines is 2. The summed E-state index contributed by atoms with van der Waals surface area (Å²) in [4.78, 5) is 43.8. The first-order valence-corrected chi connectivity index (χ1v) is 13.4. The number of pyridine rings is 1. The van der Waals surface area contributed by atoms with Crippen molar-refractivity contribution in [3.8, 4) is 0 Å². The highest BCUT2D eigenvalue weighted by atomic mass is 32.2. The summed E-state index contributed by atoms with van der Waals surface area (Å²) in [7, 11) is 0. The van der Waals surface area contributed by atoms with Crippen molar-refractivity contribution in [2.75, 3.05) is 10.6 Å². The predicted octanol–water partition coefficient (Wildman–Crippen LogP) is 6.14. The number of rotatable bonds is 10. The Morgan fingerprint density at radius 2 is 1.65 bits per heavy atom. The summed E-state index contributed by atoms with van der Waals surface area (Å²) in [5, 5.41) is 7.80. The Labute approximate surface area is 235 Å². The van der Waals surface area contributed by atoms with Crippen LogP contribution in [-0.2, 0) is 9.59 Å². The number of nitrogens with zero attached hydrogens (tertiary/aromatic N) is 1. The number of amides is 3. The quantitative estimate of drug-likeness (QED) is 0.162. The van der Waals surface area contributed by atoms with Crippen molar-refractivity contribution in [2.45, 2.75) is 23.5 Å². The number of thioether (sulfide) groups is 1. The fourth-order valence-electron chi connectivity index (χ4n) is 3.67. The second-order valence-electron chi connectivity index (χ2n) is 8.60. The van der Waals surface area contributed by atoms with Crippen LogP contribution in [0.25, 0.3) is 6.08 Å². The predicted molar refractivity (Wildman–Crippen MR) is 156 cm³/mol. The Bertz CT molecular complexity index is 1510. The monoisotopic (exact) mass is 554 g/mol. The summed E-state index contributed by atoms with van der Waals surface area (Å²) in [6.07, 6.45) is 3.47. The van der Waals surface area contributed by atoms with Crippen molar-refractivity contribution in [3.63, 3.8) is 0 Å². The summed E-state index contributed by atoms with van der Waals surface area (Å²) in [6.45, 7) is 1.91. The second kappa shape index (κ2) is 13.9. The van der Waals surface area contributed by atoms with Crippen LogP contribution in [0.2, 0.25) is 0 Å². The normalized spacial score (nSPS) is 11.8. The van der Waals surface area contributed by atoms with Gasteiger partial charge < -0.3 is 16.0 Å². The maximum absolute atomic E-state index is 14.4. The average Bonchev–Trinajstić information content (AvgIpc) is 2.97. The van der Waals surface area contributed by atoms with E-state index in [-0.39, 0.29) is 17.2 Å². The lowest BCUT2D eigenvalue weighted by Crippen LogP contribution is -2.30. The standard InChI is InChI=1S/C31H27FN4O3S/c1-2-27(31(39)36-28-17-8-9-18-33-28)40-24-15-10-14-23(20-24)34-30(38)26(19-22-13-6-7-16-25(22)32)35-29(37)21-11-4-3-5-12-21/h3-20,27H,2H2,1H3,(H,34,38)(H,35,37)(H,33,36,39)/b26-19-. The first-order valence-electron chi connectivity index (χ1n) is 12.6. The van der Waals surface area contributed by atoms with Crippen molar-refractivity contribution in [2.24, 2.45) is 0 Å². The average molecular weight is 555 g/mol. The van der Waals surface area contributed by atoms with E-state index in [1.54, 1.807) is 85.1 Å². The molecule has 1 unspecified atom stereocenters. The molecule has 0 aliphatic carbocycles. The van der Waals surface area contributed by atoms with E-state index in [2.05, 4.69) is 20.9 Å². The lowest BCUT2D eigenvalue weighted by Gasteiger charge is -2.15. The lowest BCUT2D eigenvalue weighted by molar-refractivity contribution is -0.116. The van der Waals surface area contributed by atoms with Gasteiger partial charge in [-0.3, -0.25) is 14.4 Å². The van der Waals surface area contributed by atoms with Gasteiger partial charge in [-0.05, 0) is 61.0 Å². The zero-order valence-corrected chi connectivity index (χ0v) is 22.5. The van der Waals surface area contributed by atoms with Gasteiger partial charge in [-0.2, -0.15) is 0 Å². The van der Waals surface area contributed by atoms with Crippen LogP contribution in [0.4, 0.5) is 15.9 Å². The molecule has 3 amide bonds. The minimum Gasteiger partial charge on any atom is -0.321 e. The molecule has 9 heteroatoms. The summed E-state index contributed by atoms with van der Waals surface area (Å²) < 4.78 is 14.4. The molecule has 40 heavy (non-hydrogen) atoms. The molecular formula is C31H27FN4O3S.